The summed E-state index contributed by atoms with van der Waals surface area (Å²) < 4.78 is 5.36. The zero-order valence-electron chi connectivity index (χ0n) is 16.7. The first-order valence-corrected chi connectivity index (χ1v) is 11.1. The number of carbonyl (C=O) groups is 2. The van der Waals surface area contributed by atoms with Crippen LogP contribution in [-0.2, 0) is 4.79 Å². The van der Waals surface area contributed by atoms with E-state index in [9.17, 15) is 9.59 Å². The Labute approximate surface area is 178 Å². The number of anilines is 1. The Bertz CT molecular complexity index is 1130. The van der Waals surface area contributed by atoms with Gasteiger partial charge in [0.25, 0.3) is 5.91 Å². The molecule has 5 rings (SSSR count). The maximum absolute atomic E-state index is 13.5. The number of thioether (sulfide) groups is 1. The highest BCUT2D eigenvalue weighted by atomic mass is 32.2. The van der Waals surface area contributed by atoms with Crippen molar-refractivity contribution in [3.8, 4) is 11.3 Å². The summed E-state index contributed by atoms with van der Waals surface area (Å²) in [6.07, 6.45) is 2.66. The van der Waals surface area contributed by atoms with Crippen molar-refractivity contribution in [2.75, 3.05) is 17.7 Å². The number of aromatic nitrogens is 1. The van der Waals surface area contributed by atoms with Crippen molar-refractivity contribution in [3.63, 3.8) is 0 Å². The molecule has 7 heteroatoms. The van der Waals surface area contributed by atoms with Gasteiger partial charge in [-0.15, -0.1) is 11.8 Å². The van der Waals surface area contributed by atoms with Crippen LogP contribution >= 0.6 is 11.8 Å². The van der Waals surface area contributed by atoms with Crippen LogP contribution in [0.3, 0.4) is 0 Å². The highest BCUT2D eigenvalue weighted by molar-refractivity contribution is 7.98. The molecule has 0 unspecified atom stereocenters. The lowest BCUT2D eigenvalue weighted by atomic mass is 10.0. The number of aryl methyl sites for hydroxylation is 1. The van der Waals surface area contributed by atoms with E-state index in [1.54, 1.807) is 23.6 Å². The van der Waals surface area contributed by atoms with Gasteiger partial charge in [-0.25, -0.2) is 0 Å². The van der Waals surface area contributed by atoms with Gasteiger partial charge in [-0.05, 0) is 31.7 Å². The first-order chi connectivity index (χ1) is 14.6. The van der Waals surface area contributed by atoms with E-state index in [4.69, 9.17) is 4.52 Å². The van der Waals surface area contributed by atoms with Gasteiger partial charge in [-0.2, -0.15) is 0 Å². The molecule has 2 aliphatic heterocycles. The highest BCUT2D eigenvalue weighted by Gasteiger charge is 2.52. The van der Waals surface area contributed by atoms with Crippen molar-refractivity contribution in [2.24, 2.45) is 0 Å². The number of piperazine rings is 1. The number of rotatable bonds is 4. The molecule has 6 nitrogen and oxygen atoms in total. The molecule has 2 aromatic carbocycles. The third-order valence-corrected chi connectivity index (χ3v) is 6.68. The minimum absolute atomic E-state index is 0.0138. The number of fused-ring (bicyclic) bond motifs is 2. The summed E-state index contributed by atoms with van der Waals surface area (Å²) in [4.78, 5) is 31.4. The standard InChI is InChI=1S/C23H21N3O3S/c1-14-20(21(24-29-14)15-8-4-3-5-9-15)23(28)25-13-16-12-18(25)22(27)26(16)17-10-6-7-11-19(17)30-2/h3-11,16,18H,12-13H2,1-2H3/t16-,18-/m0/s1. The van der Waals surface area contributed by atoms with Crippen molar-refractivity contribution >= 4 is 29.3 Å². The molecule has 2 fully saturated rings. The van der Waals surface area contributed by atoms with Crippen molar-refractivity contribution in [3.05, 3.63) is 65.9 Å². The maximum atomic E-state index is 13.5. The summed E-state index contributed by atoms with van der Waals surface area (Å²) >= 11 is 1.62. The normalized spacial score (nSPS) is 20.3. The third kappa shape index (κ3) is 2.84. The van der Waals surface area contributed by atoms with Crippen LogP contribution in [0.15, 0.2) is 64.0 Å². The Hall–Kier alpha value is -3.06. The molecule has 1 aromatic heterocycles. The van der Waals surface area contributed by atoms with E-state index in [0.717, 1.165) is 16.1 Å². The highest BCUT2D eigenvalue weighted by Crippen LogP contribution is 2.40. The van der Waals surface area contributed by atoms with Crippen LogP contribution in [0.4, 0.5) is 5.69 Å². The van der Waals surface area contributed by atoms with Crippen LogP contribution < -0.4 is 4.90 Å². The largest absolute Gasteiger partial charge is 0.360 e. The van der Waals surface area contributed by atoms with Gasteiger partial charge < -0.3 is 14.3 Å². The van der Waals surface area contributed by atoms with Crippen molar-refractivity contribution in [2.45, 2.75) is 30.3 Å². The molecule has 3 aromatic rings. The molecule has 0 radical (unpaired) electrons. The van der Waals surface area contributed by atoms with E-state index >= 15 is 0 Å². The van der Waals surface area contributed by atoms with Gasteiger partial charge in [0.2, 0.25) is 5.91 Å². The number of carbonyl (C=O) groups excluding carboxylic acids is 2. The second-order valence-electron chi connectivity index (χ2n) is 7.57. The minimum atomic E-state index is -0.449. The molecule has 0 spiro atoms. The lowest BCUT2D eigenvalue weighted by Gasteiger charge is -2.34. The molecular weight excluding hydrogens is 398 g/mol. The second-order valence-corrected chi connectivity index (χ2v) is 8.42. The molecule has 3 heterocycles. The van der Waals surface area contributed by atoms with Crippen LogP contribution in [0.5, 0.6) is 0 Å². The third-order valence-electron chi connectivity index (χ3n) is 5.90. The number of hydrogen-bond acceptors (Lipinski definition) is 5. The number of amides is 2. The van der Waals surface area contributed by atoms with Crippen molar-refractivity contribution in [1.82, 2.24) is 10.1 Å². The van der Waals surface area contributed by atoms with E-state index in [2.05, 4.69) is 5.16 Å². The predicted octanol–water partition coefficient (Wildman–Crippen LogP) is 4.00. The Morgan fingerprint density at radius 1 is 1.13 bits per heavy atom. The van der Waals surface area contributed by atoms with E-state index in [-0.39, 0.29) is 17.9 Å². The van der Waals surface area contributed by atoms with Crippen LogP contribution in [0.25, 0.3) is 11.3 Å². The Kier molecular flexibility index (Phi) is 4.62. The summed E-state index contributed by atoms with van der Waals surface area (Å²) in [6, 6.07) is 17.0. The second kappa shape index (κ2) is 7.32. The van der Waals surface area contributed by atoms with Gasteiger partial charge >= 0.3 is 0 Å². The maximum Gasteiger partial charge on any atom is 0.260 e. The van der Waals surface area contributed by atoms with E-state index in [0.29, 0.717) is 30.0 Å². The van der Waals surface area contributed by atoms with Gasteiger partial charge in [0.1, 0.15) is 23.1 Å². The minimum Gasteiger partial charge on any atom is -0.360 e. The topological polar surface area (TPSA) is 66.7 Å². The quantitative estimate of drug-likeness (QED) is 0.598. The fourth-order valence-corrected chi connectivity index (χ4v) is 5.09. The van der Waals surface area contributed by atoms with E-state index in [1.165, 1.54) is 0 Å². The first-order valence-electron chi connectivity index (χ1n) is 9.89. The molecule has 2 atom stereocenters. The summed E-state index contributed by atoms with van der Waals surface area (Å²) in [6.45, 7) is 2.25. The summed E-state index contributed by atoms with van der Waals surface area (Å²) in [5, 5.41) is 4.12. The average Bonchev–Trinajstić information content (AvgIpc) is 3.46. The smallest absolute Gasteiger partial charge is 0.260 e. The summed E-state index contributed by atoms with van der Waals surface area (Å²) in [5.41, 5.74) is 2.72. The van der Waals surface area contributed by atoms with Crippen LogP contribution in [0.1, 0.15) is 22.5 Å². The van der Waals surface area contributed by atoms with Crippen LogP contribution in [-0.4, -0.2) is 46.8 Å². The molecular formula is C23H21N3O3S. The molecule has 0 saturated carbocycles. The van der Waals surface area contributed by atoms with E-state index in [1.807, 2.05) is 65.8 Å². The molecule has 2 bridgehead atoms. The Morgan fingerprint density at radius 3 is 2.60 bits per heavy atom. The molecule has 2 amide bonds. The Balaban J connectivity index is 1.45. The molecule has 0 N–H and O–H groups in total. The first kappa shape index (κ1) is 18.9. The zero-order chi connectivity index (χ0) is 20.8. The lowest BCUT2D eigenvalue weighted by molar-refractivity contribution is -0.121. The SMILES string of the molecule is CSc1ccccc1N1C(=O)[C@@H]2C[C@H]1CN2C(=O)c1c(-c2ccccc2)noc1C. The van der Waals surface area contributed by atoms with Crippen molar-refractivity contribution < 1.29 is 14.1 Å². The number of para-hydroxylation sites is 1. The number of likely N-dealkylation sites (tertiary alicyclic amines) is 1. The molecule has 0 aliphatic carbocycles. The molecule has 152 valence electrons. The van der Waals surface area contributed by atoms with E-state index < -0.39 is 6.04 Å². The summed E-state index contributed by atoms with van der Waals surface area (Å²) in [7, 11) is 0. The number of hydrogen-bond donors (Lipinski definition) is 0. The van der Waals surface area contributed by atoms with Gasteiger partial charge in [-0.1, -0.05) is 47.6 Å². The molecule has 2 aliphatic rings. The van der Waals surface area contributed by atoms with Crippen molar-refractivity contribution in [1.29, 1.82) is 0 Å². The summed E-state index contributed by atoms with van der Waals surface area (Å²) in [5.74, 6) is 0.265. The van der Waals surface area contributed by atoms with Crippen LogP contribution in [0.2, 0.25) is 0 Å². The van der Waals surface area contributed by atoms with Gasteiger partial charge in [0, 0.05) is 17.0 Å². The number of nitrogens with zero attached hydrogens (tertiary/aromatic N) is 3. The van der Waals surface area contributed by atoms with Gasteiger partial charge in [0.05, 0.1) is 11.7 Å². The van der Waals surface area contributed by atoms with Gasteiger partial charge in [-0.3, -0.25) is 9.59 Å². The zero-order valence-corrected chi connectivity index (χ0v) is 17.6. The fourth-order valence-electron chi connectivity index (χ4n) is 4.50. The number of benzene rings is 2. The monoisotopic (exact) mass is 419 g/mol. The molecule has 2 saturated heterocycles. The van der Waals surface area contributed by atoms with Crippen LogP contribution in [0, 0.1) is 6.92 Å². The fraction of sp³-hybridized carbons (Fsp3) is 0.261. The predicted molar refractivity (Wildman–Crippen MR) is 116 cm³/mol. The Morgan fingerprint density at radius 2 is 1.87 bits per heavy atom. The van der Waals surface area contributed by atoms with Gasteiger partial charge in [0.15, 0.2) is 0 Å². The average molecular weight is 420 g/mol. The molecule has 30 heavy (non-hydrogen) atoms. The lowest BCUT2D eigenvalue weighted by Crippen LogP contribution is -2.52.